The topological polar surface area (TPSA) is 105 Å². The van der Waals surface area contributed by atoms with Crippen molar-refractivity contribution in [2.24, 2.45) is 0 Å². The zero-order valence-corrected chi connectivity index (χ0v) is 13.3. The number of nitrogens with zero attached hydrogens (tertiary/aromatic N) is 1. The lowest BCUT2D eigenvalue weighted by Gasteiger charge is -2.01. The van der Waals surface area contributed by atoms with Crippen LogP contribution in [0, 0.1) is 5.82 Å². The van der Waals surface area contributed by atoms with Gasteiger partial charge in [0, 0.05) is 12.7 Å². The van der Waals surface area contributed by atoms with E-state index in [4.69, 9.17) is 0 Å². The average Bonchev–Trinajstić information content (AvgIpc) is 2.90. The average molecular weight is 353 g/mol. The van der Waals surface area contributed by atoms with E-state index in [1.807, 2.05) is 0 Å². The second-order valence-electron chi connectivity index (χ2n) is 5.94. The van der Waals surface area contributed by atoms with Gasteiger partial charge in [0.15, 0.2) is 0 Å². The molecule has 2 N–H and O–H groups in total. The molecule has 7 nitrogen and oxygen atoms in total. The minimum absolute atomic E-state index is 0.0109. The second kappa shape index (κ2) is 5.76. The summed E-state index contributed by atoms with van der Waals surface area (Å²) in [4.78, 5) is 50.3. The molecule has 0 aliphatic heterocycles. The largest absolute Gasteiger partial charge is 0.308 e. The first-order valence-electron chi connectivity index (χ1n) is 7.85. The number of rotatable bonds is 3. The number of aromatic nitrogens is 3. The third-order valence-corrected chi connectivity index (χ3v) is 4.43. The molecular weight excluding hydrogens is 341 g/mol. The molecule has 0 saturated carbocycles. The van der Waals surface area contributed by atoms with Crippen LogP contribution < -0.4 is 22.0 Å². The van der Waals surface area contributed by atoms with Crippen molar-refractivity contribution < 1.29 is 4.39 Å². The summed E-state index contributed by atoms with van der Waals surface area (Å²) in [5.74, 6) is -0.388. The molecule has 4 aromatic rings. The van der Waals surface area contributed by atoms with E-state index in [0.717, 1.165) is 10.1 Å². The van der Waals surface area contributed by atoms with Crippen molar-refractivity contribution in [3.63, 3.8) is 0 Å². The van der Waals surface area contributed by atoms with Crippen molar-refractivity contribution in [2.45, 2.75) is 13.0 Å². The Hall–Kier alpha value is -3.55. The molecule has 8 heteroatoms. The summed E-state index contributed by atoms with van der Waals surface area (Å²) in [6, 6.07) is 7.04. The predicted molar refractivity (Wildman–Crippen MR) is 94.5 cm³/mol. The Morgan fingerprint density at radius 1 is 0.885 bits per heavy atom. The van der Waals surface area contributed by atoms with Gasteiger partial charge in [-0.25, -0.2) is 4.39 Å². The van der Waals surface area contributed by atoms with Crippen LogP contribution in [0.1, 0.15) is 5.56 Å². The highest BCUT2D eigenvalue weighted by Gasteiger charge is 2.21. The van der Waals surface area contributed by atoms with Gasteiger partial charge < -0.3 is 5.10 Å². The minimum atomic E-state index is -0.784. The number of aryl methyl sites for hydroxylation is 1. The molecule has 2 heterocycles. The summed E-state index contributed by atoms with van der Waals surface area (Å²) in [5, 5.41) is 4.39. The van der Waals surface area contributed by atoms with E-state index in [-0.39, 0.29) is 35.1 Å². The fourth-order valence-electron chi connectivity index (χ4n) is 3.11. The van der Waals surface area contributed by atoms with Crippen LogP contribution in [0.3, 0.4) is 0 Å². The quantitative estimate of drug-likeness (QED) is 0.566. The van der Waals surface area contributed by atoms with Gasteiger partial charge in [-0.3, -0.25) is 28.8 Å². The van der Waals surface area contributed by atoms with Crippen LogP contribution in [0.4, 0.5) is 4.39 Å². The second-order valence-corrected chi connectivity index (χ2v) is 5.94. The van der Waals surface area contributed by atoms with E-state index >= 15 is 0 Å². The minimum Gasteiger partial charge on any atom is -0.308 e. The molecule has 0 spiro atoms. The molecule has 4 rings (SSSR count). The monoisotopic (exact) mass is 353 g/mol. The van der Waals surface area contributed by atoms with Crippen LogP contribution in [0.5, 0.6) is 0 Å². The fraction of sp³-hybridized carbons (Fsp3) is 0.111. The highest BCUT2D eigenvalue weighted by atomic mass is 19.1. The van der Waals surface area contributed by atoms with Crippen molar-refractivity contribution in [1.29, 1.82) is 0 Å². The zero-order valence-electron chi connectivity index (χ0n) is 13.3. The summed E-state index contributed by atoms with van der Waals surface area (Å²) in [6.45, 7) is -0.0109. The van der Waals surface area contributed by atoms with Crippen LogP contribution in [-0.4, -0.2) is 14.8 Å². The highest BCUT2D eigenvalue weighted by molar-refractivity contribution is 5.95. The zero-order chi connectivity index (χ0) is 18.4. The number of aromatic amines is 2. The number of halogens is 1. The fourth-order valence-corrected chi connectivity index (χ4v) is 3.11. The van der Waals surface area contributed by atoms with Crippen LogP contribution in [0.15, 0.2) is 55.7 Å². The normalized spacial score (nSPS) is 11.4. The molecule has 0 bridgehead atoms. The third kappa shape index (κ3) is 2.26. The molecule has 26 heavy (non-hydrogen) atoms. The molecule has 0 aliphatic carbocycles. The van der Waals surface area contributed by atoms with Crippen LogP contribution in [0.2, 0.25) is 0 Å². The maximum absolute atomic E-state index is 13.0. The third-order valence-electron chi connectivity index (χ3n) is 4.43. The van der Waals surface area contributed by atoms with E-state index in [2.05, 4.69) is 10.2 Å². The summed E-state index contributed by atoms with van der Waals surface area (Å²) in [5.41, 5.74) is -2.22. The Morgan fingerprint density at radius 2 is 1.54 bits per heavy atom. The predicted octanol–water partition coefficient (Wildman–Crippen LogP) is 0.711. The molecule has 2 aromatic heterocycles. The SMILES string of the molecule is O=c1c2cc[nH][nH]c2c(=O)c2c(=O)n(CCc3ccc(F)cc3)c(=O)c12. The summed E-state index contributed by atoms with van der Waals surface area (Å²) in [7, 11) is 0. The molecule has 130 valence electrons. The van der Waals surface area contributed by atoms with E-state index in [0.29, 0.717) is 0 Å². The maximum Gasteiger partial charge on any atom is 0.265 e. The molecule has 0 atom stereocenters. The van der Waals surface area contributed by atoms with E-state index < -0.39 is 27.4 Å². The first-order valence-corrected chi connectivity index (χ1v) is 7.85. The van der Waals surface area contributed by atoms with E-state index in [1.165, 1.54) is 24.4 Å². The number of nitrogens with one attached hydrogen (secondary N) is 2. The number of H-pyrrole nitrogens is 2. The lowest BCUT2D eigenvalue weighted by molar-refractivity contribution is 0.624. The van der Waals surface area contributed by atoms with Crippen molar-refractivity contribution in [3.8, 4) is 0 Å². The smallest absolute Gasteiger partial charge is 0.265 e. The molecule has 0 saturated heterocycles. The Morgan fingerprint density at radius 3 is 2.23 bits per heavy atom. The van der Waals surface area contributed by atoms with Gasteiger partial charge in [-0.1, -0.05) is 12.1 Å². The molecule has 0 unspecified atom stereocenters. The molecule has 0 fully saturated rings. The van der Waals surface area contributed by atoms with E-state index in [9.17, 15) is 23.6 Å². The van der Waals surface area contributed by atoms with Gasteiger partial charge in [0.05, 0.1) is 5.39 Å². The van der Waals surface area contributed by atoms with Crippen molar-refractivity contribution in [1.82, 2.24) is 14.8 Å². The molecule has 0 radical (unpaired) electrons. The van der Waals surface area contributed by atoms with Gasteiger partial charge >= 0.3 is 0 Å². The summed E-state index contributed by atoms with van der Waals surface area (Å²) < 4.78 is 13.9. The Bertz CT molecular complexity index is 1290. The number of benzene rings is 2. The Balaban J connectivity index is 1.92. The van der Waals surface area contributed by atoms with Crippen molar-refractivity contribution >= 4 is 21.7 Å². The van der Waals surface area contributed by atoms with Crippen molar-refractivity contribution in [2.75, 3.05) is 0 Å². The maximum atomic E-state index is 13.0. The van der Waals surface area contributed by atoms with Crippen LogP contribution in [0.25, 0.3) is 21.7 Å². The molecule has 0 aliphatic rings. The Kier molecular flexibility index (Phi) is 3.54. The van der Waals surface area contributed by atoms with E-state index in [1.54, 1.807) is 12.1 Å². The highest BCUT2D eigenvalue weighted by Crippen LogP contribution is 2.07. The van der Waals surface area contributed by atoms with Crippen LogP contribution in [-0.2, 0) is 13.0 Å². The first-order chi connectivity index (χ1) is 12.5. The van der Waals surface area contributed by atoms with Gasteiger partial charge in [0.2, 0.25) is 10.9 Å². The molecule has 2 aromatic carbocycles. The van der Waals surface area contributed by atoms with Gasteiger partial charge in [-0.2, -0.15) is 0 Å². The Labute approximate surface area is 143 Å². The standard InChI is InChI=1S/C18H12FN3O4/c19-10-3-1-9(2-4-10)6-8-22-17(25)12-13(18(22)26)16(24)14-11(15(12)23)5-7-20-21-14/h1-5,7,20-21H,6,8H2. The first kappa shape index (κ1) is 15.9. The number of hydrogen-bond donors (Lipinski definition) is 2. The lowest BCUT2D eigenvalue weighted by atomic mass is 10.1. The summed E-state index contributed by atoms with van der Waals surface area (Å²) >= 11 is 0. The number of fused-ring (bicyclic) bond motifs is 2. The lowest BCUT2D eigenvalue weighted by Crippen LogP contribution is -2.27. The van der Waals surface area contributed by atoms with Gasteiger partial charge in [0.1, 0.15) is 22.1 Å². The molecule has 0 amide bonds. The van der Waals surface area contributed by atoms with Crippen LogP contribution >= 0.6 is 0 Å². The summed E-state index contributed by atoms with van der Waals surface area (Å²) in [6.07, 6.45) is 1.71. The van der Waals surface area contributed by atoms with Crippen molar-refractivity contribution in [3.05, 3.63) is 89.1 Å². The van der Waals surface area contributed by atoms with Gasteiger partial charge in [-0.05, 0) is 30.2 Å². The molecular formula is C18H12FN3O4. The van der Waals surface area contributed by atoms with Gasteiger partial charge in [-0.15, -0.1) is 0 Å². The number of hydrogen-bond acceptors (Lipinski definition) is 4. The van der Waals surface area contributed by atoms with Gasteiger partial charge in [0.25, 0.3) is 11.1 Å².